The number of anilines is 1. The monoisotopic (exact) mass is 326 g/mol. The summed E-state index contributed by atoms with van der Waals surface area (Å²) >= 11 is 0. The summed E-state index contributed by atoms with van der Waals surface area (Å²) < 4.78 is 2.15. The third-order valence-corrected chi connectivity index (χ3v) is 4.82. The maximum absolute atomic E-state index is 12.9. The molecule has 1 amide bonds. The topological polar surface area (TPSA) is 41.4 Å². The molecule has 0 N–H and O–H groups in total. The third-order valence-electron chi connectivity index (χ3n) is 4.82. The first-order valence-electron chi connectivity index (χ1n) is 8.84. The van der Waals surface area contributed by atoms with Crippen molar-refractivity contribution in [2.24, 2.45) is 0 Å². The number of imidazole rings is 1. The highest BCUT2D eigenvalue weighted by atomic mass is 16.2. The minimum atomic E-state index is -0.0321. The van der Waals surface area contributed by atoms with Crippen molar-refractivity contribution in [3.8, 4) is 0 Å². The van der Waals surface area contributed by atoms with Crippen LogP contribution in [0.1, 0.15) is 31.7 Å². The van der Waals surface area contributed by atoms with Crippen molar-refractivity contribution < 1.29 is 4.79 Å². The predicted octanol–water partition coefficient (Wildman–Crippen LogP) is 2.75. The first-order chi connectivity index (χ1) is 11.7. The van der Waals surface area contributed by atoms with Gasteiger partial charge in [-0.1, -0.05) is 37.3 Å². The van der Waals surface area contributed by atoms with Gasteiger partial charge in [0.1, 0.15) is 0 Å². The lowest BCUT2D eigenvalue weighted by molar-refractivity contribution is -0.133. The molecule has 1 unspecified atom stereocenters. The maximum Gasteiger partial charge on any atom is 0.230 e. The molecule has 128 valence electrons. The Balaban J connectivity index is 1.64. The number of piperazine rings is 1. The van der Waals surface area contributed by atoms with E-state index in [0.717, 1.165) is 50.7 Å². The Morgan fingerprint density at radius 2 is 1.83 bits per heavy atom. The second-order valence-electron chi connectivity index (χ2n) is 6.20. The van der Waals surface area contributed by atoms with Crippen LogP contribution in [0.25, 0.3) is 0 Å². The van der Waals surface area contributed by atoms with Gasteiger partial charge in [-0.25, -0.2) is 4.98 Å². The predicted molar refractivity (Wildman–Crippen MR) is 96.2 cm³/mol. The fraction of sp³-hybridized carbons (Fsp3) is 0.474. The molecule has 24 heavy (non-hydrogen) atoms. The van der Waals surface area contributed by atoms with Crippen LogP contribution in [0.2, 0.25) is 0 Å². The number of carbonyl (C=O) groups is 1. The lowest BCUT2D eigenvalue weighted by Crippen LogP contribution is -2.50. The summed E-state index contributed by atoms with van der Waals surface area (Å²) in [7, 11) is 0. The fourth-order valence-corrected chi connectivity index (χ4v) is 3.42. The van der Waals surface area contributed by atoms with E-state index in [-0.39, 0.29) is 11.8 Å². The summed E-state index contributed by atoms with van der Waals surface area (Å²) in [5.74, 6) is 1.23. The molecule has 5 heteroatoms. The van der Waals surface area contributed by atoms with E-state index in [4.69, 9.17) is 0 Å². The van der Waals surface area contributed by atoms with Crippen molar-refractivity contribution in [2.75, 3.05) is 31.1 Å². The van der Waals surface area contributed by atoms with Gasteiger partial charge >= 0.3 is 0 Å². The van der Waals surface area contributed by atoms with Crippen LogP contribution in [0.3, 0.4) is 0 Å². The van der Waals surface area contributed by atoms with E-state index in [1.54, 1.807) is 0 Å². The number of aromatic nitrogens is 2. The standard InChI is InChI=1S/C19H26N4O/c1-3-17(16-8-6-5-7-9-16)18(24)22-12-14-23(15-13-22)19-20-10-11-21(19)4-2/h5-11,17H,3-4,12-15H2,1-2H3. The van der Waals surface area contributed by atoms with Crippen molar-refractivity contribution in [2.45, 2.75) is 32.7 Å². The molecule has 2 heterocycles. The van der Waals surface area contributed by atoms with Crippen LogP contribution in [-0.4, -0.2) is 46.5 Å². The van der Waals surface area contributed by atoms with Crippen LogP contribution in [0, 0.1) is 0 Å². The van der Waals surface area contributed by atoms with E-state index >= 15 is 0 Å². The quantitative estimate of drug-likeness (QED) is 0.848. The number of carbonyl (C=O) groups excluding carboxylic acids is 1. The third kappa shape index (κ3) is 3.30. The van der Waals surface area contributed by atoms with Crippen molar-refractivity contribution in [1.29, 1.82) is 0 Å². The Morgan fingerprint density at radius 3 is 2.46 bits per heavy atom. The zero-order chi connectivity index (χ0) is 16.9. The van der Waals surface area contributed by atoms with Crippen LogP contribution in [0.4, 0.5) is 5.95 Å². The van der Waals surface area contributed by atoms with Gasteiger partial charge in [-0.05, 0) is 18.9 Å². The van der Waals surface area contributed by atoms with E-state index in [2.05, 4.69) is 40.4 Å². The van der Waals surface area contributed by atoms with Gasteiger partial charge in [0.15, 0.2) is 0 Å². The van der Waals surface area contributed by atoms with Crippen LogP contribution in [0.15, 0.2) is 42.7 Å². The molecule has 1 fully saturated rings. The van der Waals surface area contributed by atoms with E-state index in [1.807, 2.05) is 35.5 Å². The number of aryl methyl sites for hydroxylation is 1. The van der Waals surface area contributed by atoms with Gasteiger partial charge in [-0.2, -0.15) is 0 Å². The molecular formula is C19H26N4O. The van der Waals surface area contributed by atoms with E-state index in [0.29, 0.717) is 0 Å². The molecular weight excluding hydrogens is 300 g/mol. The SMILES string of the molecule is CCC(C(=O)N1CCN(c2nccn2CC)CC1)c1ccccc1. The van der Waals surface area contributed by atoms with Gasteiger partial charge < -0.3 is 14.4 Å². The number of nitrogens with zero attached hydrogens (tertiary/aromatic N) is 4. The normalized spacial score (nSPS) is 16.2. The van der Waals surface area contributed by atoms with Gasteiger partial charge in [0.25, 0.3) is 0 Å². The average Bonchev–Trinajstić information content (AvgIpc) is 3.12. The van der Waals surface area contributed by atoms with Crippen LogP contribution in [-0.2, 0) is 11.3 Å². The molecule has 1 saturated heterocycles. The van der Waals surface area contributed by atoms with Gasteiger partial charge in [-0.15, -0.1) is 0 Å². The molecule has 1 aliphatic rings. The van der Waals surface area contributed by atoms with Crippen molar-refractivity contribution in [3.05, 3.63) is 48.3 Å². The van der Waals surface area contributed by atoms with Gasteiger partial charge in [-0.3, -0.25) is 4.79 Å². The molecule has 0 spiro atoms. The fourth-order valence-electron chi connectivity index (χ4n) is 3.42. The lowest BCUT2D eigenvalue weighted by atomic mass is 9.95. The minimum Gasteiger partial charge on any atom is -0.339 e. The molecule has 0 radical (unpaired) electrons. The number of benzene rings is 1. The molecule has 0 saturated carbocycles. The molecule has 1 aliphatic heterocycles. The molecule has 0 aliphatic carbocycles. The largest absolute Gasteiger partial charge is 0.339 e. The Hall–Kier alpha value is -2.30. The average molecular weight is 326 g/mol. The van der Waals surface area contributed by atoms with Crippen LogP contribution < -0.4 is 4.90 Å². The van der Waals surface area contributed by atoms with Gasteiger partial charge in [0.05, 0.1) is 5.92 Å². The summed E-state index contributed by atoms with van der Waals surface area (Å²) in [6, 6.07) is 10.1. The van der Waals surface area contributed by atoms with E-state index < -0.39 is 0 Å². The first kappa shape index (κ1) is 16.6. The molecule has 3 rings (SSSR count). The Labute approximate surface area is 143 Å². The zero-order valence-electron chi connectivity index (χ0n) is 14.6. The highest BCUT2D eigenvalue weighted by Crippen LogP contribution is 2.23. The summed E-state index contributed by atoms with van der Waals surface area (Å²) in [6.45, 7) is 8.33. The number of hydrogen-bond donors (Lipinski definition) is 0. The highest BCUT2D eigenvalue weighted by Gasteiger charge is 2.28. The maximum atomic E-state index is 12.9. The molecule has 1 atom stereocenters. The lowest BCUT2D eigenvalue weighted by Gasteiger charge is -2.37. The Kier molecular flexibility index (Phi) is 5.18. The highest BCUT2D eigenvalue weighted by molar-refractivity contribution is 5.84. The summed E-state index contributed by atoms with van der Waals surface area (Å²) in [4.78, 5) is 21.7. The van der Waals surface area contributed by atoms with E-state index in [1.165, 1.54) is 0 Å². The van der Waals surface area contributed by atoms with Crippen LogP contribution >= 0.6 is 0 Å². The smallest absolute Gasteiger partial charge is 0.230 e. The molecule has 1 aromatic carbocycles. The number of amides is 1. The second kappa shape index (κ2) is 7.51. The molecule has 2 aromatic rings. The second-order valence-corrected chi connectivity index (χ2v) is 6.20. The van der Waals surface area contributed by atoms with Crippen molar-refractivity contribution in [1.82, 2.24) is 14.5 Å². The van der Waals surface area contributed by atoms with Crippen molar-refractivity contribution in [3.63, 3.8) is 0 Å². The van der Waals surface area contributed by atoms with E-state index in [9.17, 15) is 4.79 Å². The van der Waals surface area contributed by atoms with Gasteiger partial charge in [0.2, 0.25) is 11.9 Å². The summed E-state index contributed by atoms with van der Waals surface area (Å²) in [5.41, 5.74) is 1.12. The molecule has 5 nitrogen and oxygen atoms in total. The zero-order valence-corrected chi connectivity index (χ0v) is 14.6. The number of rotatable bonds is 5. The summed E-state index contributed by atoms with van der Waals surface area (Å²) in [5, 5.41) is 0. The Morgan fingerprint density at radius 1 is 1.12 bits per heavy atom. The molecule has 1 aromatic heterocycles. The minimum absolute atomic E-state index is 0.0321. The van der Waals surface area contributed by atoms with Crippen LogP contribution in [0.5, 0.6) is 0 Å². The number of hydrogen-bond acceptors (Lipinski definition) is 3. The summed E-state index contributed by atoms with van der Waals surface area (Å²) in [6.07, 6.45) is 4.69. The first-order valence-corrected chi connectivity index (χ1v) is 8.84. The van der Waals surface area contributed by atoms with Crippen molar-refractivity contribution >= 4 is 11.9 Å². The van der Waals surface area contributed by atoms with Gasteiger partial charge in [0, 0.05) is 45.1 Å². The molecule has 0 bridgehead atoms. The Bertz CT molecular complexity index is 659.